The molecule has 2 aliphatic rings. The van der Waals surface area contributed by atoms with E-state index in [-0.39, 0.29) is 23.7 Å². The van der Waals surface area contributed by atoms with Gasteiger partial charge in [-0.1, -0.05) is 0 Å². The number of aromatic amines is 1. The molecule has 2 aliphatic heterocycles. The van der Waals surface area contributed by atoms with E-state index in [4.69, 9.17) is 25.0 Å². The molecular weight excluding hydrogens is 452 g/mol. The van der Waals surface area contributed by atoms with E-state index in [1.54, 1.807) is 7.05 Å². The van der Waals surface area contributed by atoms with Crippen LogP contribution in [-0.2, 0) is 34.5 Å². The van der Waals surface area contributed by atoms with Gasteiger partial charge in [-0.2, -0.15) is 13.9 Å². The van der Waals surface area contributed by atoms with Crippen molar-refractivity contribution in [1.82, 2.24) is 14.5 Å². The molecule has 2 bridgehead atoms. The molecule has 7 N–H and O–H groups in total. The largest absolute Gasteiger partial charge is 0.481 e. The number of ether oxygens (including phenoxy) is 2. The van der Waals surface area contributed by atoms with Gasteiger partial charge in [-0.05, 0) is 0 Å². The summed E-state index contributed by atoms with van der Waals surface area (Å²) < 4.78 is 45.1. The monoisotopic (exact) mass is 470 g/mol. The number of anilines is 1. The Kier molecular flexibility index (Phi) is 4.95. The first-order valence-corrected chi connectivity index (χ1v) is 11.3. The quantitative estimate of drug-likeness (QED) is 0.188. The lowest BCUT2D eigenvalue weighted by atomic mass is 10.0. The molecule has 0 aromatic carbocycles. The van der Waals surface area contributed by atoms with E-state index in [1.807, 2.05) is 0 Å². The highest BCUT2D eigenvalue weighted by Crippen LogP contribution is 2.58. The van der Waals surface area contributed by atoms with Gasteiger partial charge in [0.25, 0.3) is 11.2 Å². The number of nitrogens with two attached hydrogens (primary N) is 1. The summed E-state index contributed by atoms with van der Waals surface area (Å²) in [5.41, 5.74) is 3.77. The maximum absolute atomic E-state index is 12.2. The minimum atomic E-state index is -5.31. The normalized spacial score (nSPS) is 30.8. The van der Waals surface area contributed by atoms with Crippen molar-refractivity contribution in [2.45, 2.75) is 24.0 Å². The Balaban J connectivity index is 1.63. The number of nitrogens with one attached hydrogen (secondary N) is 1. The van der Waals surface area contributed by atoms with Crippen LogP contribution in [0.1, 0.15) is 6.23 Å². The topological polar surface area (TPSA) is 233 Å². The van der Waals surface area contributed by atoms with E-state index in [0.29, 0.717) is 0 Å². The third-order valence-corrected chi connectivity index (χ3v) is 6.88. The molecule has 0 spiro atoms. The molecule has 2 fully saturated rings. The van der Waals surface area contributed by atoms with Crippen molar-refractivity contribution in [3.8, 4) is 0 Å². The van der Waals surface area contributed by atoms with Gasteiger partial charge in [-0.15, -0.1) is 0 Å². The predicted octanol–water partition coefficient (Wildman–Crippen LogP) is -2.62. The predicted molar refractivity (Wildman–Crippen MR) is 93.4 cm³/mol. The molecule has 2 saturated heterocycles. The summed E-state index contributed by atoms with van der Waals surface area (Å²) in [5.74, 6) is -0.147. The number of fused-ring (bicyclic) bond motifs is 3. The number of imidazole rings is 1. The standard InChI is InChI=1S/C12H17N5O11P2/c1-16-4-17(8-5(16)9(19)15-11(13)14-8)10-6-7(18)12(27-10,2-25-6)3-26-30(23,24)28-29(20,21)22/h4,6-7,10,18H,2-3H2,1H3,(H5-,13,14,15,19,20,21,22,23,24)/p+1/t6?,7-,10-,12+/m1/s1. The molecule has 166 valence electrons. The fraction of sp³-hybridized carbons (Fsp3) is 0.583. The Labute approximate surface area is 166 Å². The van der Waals surface area contributed by atoms with Crippen LogP contribution in [0.3, 0.4) is 0 Å². The van der Waals surface area contributed by atoms with Crippen LogP contribution in [0.5, 0.6) is 0 Å². The Morgan fingerprint density at radius 2 is 2.17 bits per heavy atom. The number of aliphatic hydroxyl groups excluding tert-OH is 1. The van der Waals surface area contributed by atoms with Gasteiger partial charge >= 0.3 is 21.2 Å². The number of phosphoric acid groups is 2. The molecule has 0 radical (unpaired) electrons. The minimum absolute atomic E-state index is 0.140. The summed E-state index contributed by atoms with van der Waals surface area (Å²) in [5, 5.41) is 10.6. The zero-order chi connectivity index (χ0) is 22.1. The number of nitrogen functional groups attached to an aromatic ring is 1. The van der Waals surface area contributed by atoms with Gasteiger partial charge < -0.3 is 35.0 Å². The number of rotatable bonds is 6. The van der Waals surface area contributed by atoms with E-state index in [9.17, 15) is 23.9 Å². The molecule has 0 aliphatic carbocycles. The van der Waals surface area contributed by atoms with Crippen LogP contribution in [-0.4, -0.2) is 65.3 Å². The van der Waals surface area contributed by atoms with Gasteiger partial charge in [0.15, 0.2) is 6.10 Å². The van der Waals surface area contributed by atoms with Crippen molar-refractivity contribution < 1.29 is 51.8 Å². The average molecular weight is 470 g/mol. The average Bonchev–Trinajstić information content (AvgIpc) is 3.18. The fourth-order valence-corrected chi connectivity index (χ4v) is 5.19. The second-order valence-electron chi connectivity index (χ2n) is 6.86. The van der Waals surface area contributed by atoms with E-state index in [2.05, 4.69) is 18.8 Å². The number of hydrogen-bond acceptors (Lipinski definition) is 10. The lowest BCUT2D eigenvalue weighted by Crippen LogP contribution is -2.44. The smallest absolute Gasteiger partial charge is 0.387 e. The molecule has 2 aromatic rings. The fourth-order valence-electron chi connectivity index (χ4n) is 3.54. The Hall–Kier alpha value is -1.71. The van der Waals surface area contributed by atoms with Crippen molar-refractivity contribution in [2.75, 3.05) is 18.9 Å². The summed E-state index contributed by atoms with van der Waals surface area (Å²) >= 11 is 0. The molecule has 5 atom stereocenters. The van der Waals surface area contributed by atoms with Crippen LogP contribution in [0, 0.1) is 0 Å². The van der Waals surface area contributed by atoms with Crippen LogP contribution in [0.25, 0.3) is 11.2 Å². The molecule has 2 unspecified atom stereocenters. The van der Waals surface area contributed by atoms with E-state index >= 15 is 0 Å². The number of aryl methyl sites for hydroxylation is 1. The number of aliphatic hydroxyl groups is 1. The molecule has 16 nitrogen and oxygen atoms in total. The number of aromatic nitrogens is 4. The second-order valence-corrected chi connectivity index (χ2v) is 9.69. The highest BCUT2D eigenvalue weighted by molar-refractivity contribution is 7.60. The summed E-state index contributed by atoms with van der Waals surface area (Å²) in [6.07, 6.45) is -1.86. The maximum atomic E-state index is 12.2. The van der Waals surface area contributed by atoms with Gasteiger partial charge in [0.1, 0.15) is 11.7 Å². The van der Waals surface area contributed by atoms with Crippen LogP contribution in [0.2, 0.25) is 0 Å². The number of phosphoric ester groups is 1. The van der Waals surface area contributed by atoms with E-state index in [0.717, 1.165) is 0 Å². The lowest BCUT2D eigenvalue weighted by Gasteiger charge is -2.29. The van der Waals surface area contributed by atoms with Gasteiger partial charge in [0.05, 0.1) is 20.3 Å². The minimum Gasteiger partial charge on any atom is -0.387 e. The Bertz CT molecular complexity index is 1160. The maximum Gasteiger partial charge on any atom is 0.481 e. The molecule has 4 heterocycles. The van der Waals surface area contributed by atoms with E-state index < -0.39 is 51.8 Å². The van der Waals surface area contributed by atoms with Gasteiger partial charge in [-0.3, -0.25) is 14.3 Å². The van der Waals surface area contributed by atoms with Gasteiger partial charge in [0, 0.05) is 0 Å². The lowest BCUT2D eigenvalue weighted by molar-refractivity contribution is -0.646. The Morgan fingerprint density at radius 3 is 2.83 bits per heavy atom. The van der Waals surface area contributed by atoms with Crippen molar-refractivity contribution >= 4 is 32.8 Å². The second kappa shape index (κ2) is 6.90. The SMILES string of the molecule is C[n+]1cn([C@@H]2O[C@]3(COP(=O)(O)OP(=O)(O)O)COC2[C@H]3O)c2nc(N)[nH]c(=O)c21. The molecule has 18 heteroatoms. The zero-order valence-corrected chi connectivity index (χ0v) is 17.0. The highest BCUT2D eigenvalue weighted by Gasteiger charge is 2.64. The van der Waals surface area contributed by atoms with Crippen molar-refractivity contribution in [2.24, 2.45) is 7.05 Å². The molecule has 4 rings (SSSR count). The summed E-state index contributed by atoms with van der Waals surface area (Å²) in [7, 11) is -8.90. The zero-order valence-electron chi connectivity index (χ0n) is 15.2. The first-order chi connectivity index (χ1) is 13.8. The number of nitrogens with zero attached hydrogens (tertiary/aromatic N) is 3. The van der Waals surface area contributed by atoms with Crippen molar-refractivity contribution in [3.63, 3.8) is 0 Å². The van der Waals surface area contributed by atoms with E-state index in [1.165, 1.54) is 15.5 Å². The van der Waals surface area contributed by atoms with Gasteiger partial charge in [0.2, 0.25) is 18.5 Å². The molecule has 30 heavy (non-hydrogen) atoms. The first-order valence-electron chi connectivity index (χ1n) is 8.30. The summed E-state index contributed by atoms with van der Waals surface area (Å²) in [4.78, 5) is 45.5. The van der Waals surface area contributed by atoms with Crippen LogP contribution < -0.4 is 15.9 Å². The third-order valence-electron chi connectivity index (χ3n) is 4.75. The van der Waals surface area contributed by atoms with Crippen molar-refractivity contribution in [1.29, 1.82) is 0 Å². The van der Waals surface area contributed by atoms with Crippen LogP contribution in [0.15, 0.2) is 11.1 Å². The molecule has 0 amide bonds. The number of H-pyrrole nitrogens is 1. The molecule has 0 saturated carbocycles. The number of hydrogen-bond donors (Lipinski definition) is 6. The van der Waals surface area contributed by atoms with Crippen molar-refractivity contribution in [3.05, 3.63) is 16.7 Å². The third kappa shape index (κ3) is 3.61. The molecular formula is C12H18N5O11P2+. The highest BCUT2D eigenvalue weighted by atomic mass is 31.3. The molecule has 2 aromatic heterocycles. The van der Waals surface area contributed by atoms with Gasteiger partial charge in [-0.25, -0.2) is 13.7 Å². The van der Waals surface area contributed by atoms with Crippen LogP contribution >= 0.6 is 15.6 Å². The van der Waals surface area contributed by atoms with Crippen LogP contribution in [0.4, 0.5) is 5.95 Å². The summed E-state index contributed by atoms with van der Waals surface area (Å²) in [6, 6.07) is 0. The Morgan fingerprint density at radius 1 is 1.47 bits per heavy atom. The first kappa shape index (κ1) is 21.5. The summed E-state index contributed by atoms with van der Waals surface area (Å²) in [6.45, 7) is -1.02.